The van der Waals surface area contributed by atoms with Gasteiger partial charge in [0.05, 0.1) is 0 Å². The lowest BCUT2D eigenvalue weighted by Gasteiger charge is -2.32. The van der Waals surface area contributed by atoms with Crippen molar-refractivity contribution < 1.29 is 4.79 Å². The molecule has 134 valence electrons. The minimum atomic E-state index is -0.0413. The molecule has 0 spiro atoms. The van der Waals surface area contributed by atoms with Crippen LogP contribution in [0.2, 0.25) is 0 Å². The van der Waals surface area contributed by atoms with E-state index in [2.05, 4.69) is 20.5 Å². The third kappa shape index (κ3) is 3.89. The minimum Gasteiger partial charge on any atom is -0.362 e. The van der Waals surface area contributed by atoms with Crippen LogP contribution in [-0.2, 0) is 13.6 Å². The van der Waals surface area contributed by atoms with Gasteiger partial charge >= 0.3 is 6.03 Å². The zero-order chi connectivity index (χ0) is 17.8. The van der Waals surface area contributed by atoms with Crippen LogP contribution in [0.15, 0.2) is 24.7 Å². The summed E-state index contributed by atoms with van der Waals surface area (Å²) in [6.45, 7) is 1.91. The van der Waals surface area contributed by atoms with Crippen LogP contribution in [0.25, 0.3) is 0 Å². The number of pyridine rings is 1. The number of aryl methyl sites for hydroxylation is 1. The van der Waals surface area contributed by atoms with E-state index in [0.29, 0.717) is 13.1 Å². The molecule has 2 aromatic rings. The van der Waals surface area contributed by atoms with Crippen LogP contribution in [0.4, 0.5) is 10.6 Å². The number of hydrogen-bond acceptors (Lipinski definition) is 5. The van der Waals surface area contributed by atoms with E-state index in [0.717, 1.165) is 36.6 Å². The van der Waals surface area contributed by atoms with Gasteiger partial charge in [-0.25, -0.2) is 9.78 Å². The fraction of sp³-hybridized carbons (Fsp3) is 0.529. The first-order chi connectivity index (χ1) is 12.1. The van der Waals surface area contributed by atoms with Gasteiger partial charge in [0.15, 0.2) is 0 Å². The van der Waals surface area contributed by atoms with E-state index < -0.39 is 0 Å². The largest absolute Gasteiger partial charge is 0.362 e. The third-order valence-electron chi connectivity index (χ3n) is 4.54. The Hall–Kier alpha value is -2.64. The lowest BCUT2D eigenvalue weighted by molar-refractivity contribution is 0.177. The Morgan fingerprint density at radius 1 is 1.44 bits per heavy atom. The molecule has 2 amide bonds. The van der Waals surface area contributed by atoms with Gasteiger partial charge in [0, 0.05) is 58.5 Å². The Bertz CT molecular complexity index is 727. The second-order valence-corrected chi connectivity index (χ2v) is 6.62. The van der Waals surface area contributed by atoms with Gasteiger partial charge < -0.3 is 19.7 Å². The highest BCUT2D eigenvalue weighted by molar-refractivity contribution is 5.74. The van der Waals surface area contributed by atoms with E-state index in [4.69, 9.17) is 0 Å². The Morgan fingerprint density at radius 3 is 3.00 bits per heavy atom. The van der Waals surface area contributed by atoms with Crippen molar-refractivity contribution in [1.29, 1.82) is 0 Å². The van der Waals surface area contributed by atoms with Gasteiger partial charge in [0.1, 0.15) is 18.0 Å². The predicted molar refractivity (Wildman–Crippen MR) is 95.4 cm³/mol. The molecule has 1 atom stereocenters. The average Bonchev–Trinajstić information content (AvgIpc) is 3.06. The standard InChI is InChI=1S/C17H25N7O/c1-22(2)15-13(6-4-8-18-15)10-19-17(25)24-9-5-7-14(11-24)16-21-20-12-23(16)3/h4,6,8,12,14H,5,7,9-11H2,1-3H3,(H,19,25)/t14-/m1/s1. The molecule has 8 heteroatoms. The molecule has 1 aliphatic heterocycles. The fourth-order valence-electron chi connectivity index (χ4n) is 3.29. The molecule has 0 aromatic carbocycles. The summed E-state index contributed by atoms with van der Waals surface area (Å²) in [7, 11) is 5.84. The maximum absolute atomic E-state index is 12.6. The summed E-state index contributed by atoms with van der Waals surface area (Å²) in [5.41, 5.74) is 1.00. The predicted octanol–water partition coefficient (Wildman–Crippen LogP) is 1.37. The molecule has 3 rings (SSSR count). The highest BCUT2D eigenvalue weighted by Crippen LogP contribution is 2.25. The average molecular weight is 343 g/mol. The van der Waals surface area contributed by atoms with E-state index in [1.165, 1.54) is 0 Å². The summed E-state index contributed by atoms with van der Waals surface area (Å²) in [4.78, 5) is 20.8. The minimum absolute atomic E-state index is 0.0413. The van der Waals surface area contributed by atoms with Crippen LogP contribution in [0.3, 0.4) is 0 Å². The molecule has 1 N–H and O–H groups in total. The van der Waals surface area contributed by atoms with Gasteiger partial charge in [-0.05, 0) is 18.9 Å². The number of hydrogen-bond donors (Lipinski definition) is 1. The van der Waals surface area contributed by atoms with Crippen molar-refractivity contribution in [2.75, 3.05) is 32.1 Å². The first-order valence-corrected chi connectivity index (χ1v) is 8.54. The van der Waals surface area contributed by atoms with E-state index in [1.54, 1.807) is 12.5 Å². The van der Waals surface area contributed by atoms with E-state index in [-0.39, 0.29) is 11.9 Å². The summed E-state index contributed by atoms with van der Waals surface area (Å²) < 4.78 is 1.94. The topological polar surface area (TPSA) is 79.2 Å². The van der Waals surface area contributed by atoms with E-state index in [1.807, 2.05) is 47.6 Å². The Morgan fingerprint density at radius 2 is 2.28 bits per heavy atom. The fourth-order valence-corrected chi connectivity index (χ4v) is 3.29. The number of piperidine rings is 1. The number of nitrogens with one attached hydrogen (secondary N) is 1. The summed E-state index contributed by atoms with van der Waals surface area (Å²) in [6, 6.07) is 3.83. The van der Waals surface area contributed by atoms with Gasteiger partial charge in [0.25, 0.3) is 0 Å². The number of carbonyl (C=O) groups excluding carboxylic acids is 1. The van der Waals surface area contributed by atoms with Crippen LogP contribution >= 0.6 is 0 Å². The summed E-state index contributed by atoms with van der Waals surface area (Å²) in [5.74, 6) is 2.06. The summed E-state index contributed by atoms with van der Waals surface area (Å²) in [5, 5.41) is 11.2. The second kappa shape index (κ2) is 7.50. The number of urea groups is 1. The molecule has 0 saturated carbocycles. The van der Waals surface area contributed by atoms with Gasteiger partial charge in [-0.1, -0.05) is 6.07 Å². The van der Waals surface area contributed by atoms with Crippen molar-refractivity contribution in [3.63, 3.8) is 0 Å². The Balaban J connectivity index is 1.61. The van der Waals surface area contributed by atoms with Crippen LogP contribution in [0, 0.1) is 0 Å². The zero-order valence-electron chi connectivity index (χ0n) is 15.0. The van der Waals surface area contributed by atoms with Crippen molar-refractivity contribution >= 4 is 11.8 Å². The number of rotatable bonds is 4. The SMILES string of the molecule is CN(C)c1ncccc1CNC(=O)N1CCC[C@@H](c2nncn2C)C1. The maximum Gasteiger partial charge on any atom is 0.317 e. The van der Waals surface area contributed by atoms with Crippen LogP contribution in [0.1, 0.15) is 30.1 Å². The smallest absolute Gasteiger partial charge is 0.317 e. The molecular weight excluding hydrogens is 318 g/mol. The van der Waals surface area contributed by atoms with Gasteiger partial charge in [-0.3, -0.25) is 0 Å². The van der Waals surface area contributed by atoms with E-state index in [9.17, 15) is 4.79 Å². The summed E-state index contributed by atoms with van der Waals surface area (Å²) in [6.07, 6.45) is 5.47. The first kappa shape index (κ1) is 17.2. The van der Waals surface area contributed by atoms with E-state index >= 15 is 0 Å². The number of amides is 2. The molecule has 3 heterocycles. The summed E-state index contributed by atoms with van der Waals surface area (Å²) >= 11 is 0. The molecule has 1 fully saturated rings. The number of anilines is 1. The Kier molecular flexibility index (Phi) is 5.16. The molecule has 2 aromatic heterocycles. The monoisotopic (exact) mass is 343 g/mol. The molecule has 0 aliphatic carbocycles. The van der Waals surface area contributed by atoms with Crippen LogP contribution < -0.4 is 10.2 Å². The Labute approximate surface area is 147 Å². The molecule has 8 nitrogen and oxygen atoms in total. The lowest BCUT2D eigenvalue weighted by Crippen LogP contribution is -2.45. The van der Waals surface area contributed by atoms with Crippen molar-refractivity contribution in [2.45, 2.75) is 25.3 Å². The molecule has 0 unspecified atom stereocenters. The number of likely N-dealkylation sites (tertiary alicyclic amines) is 1. The van der Waals surface area contributed by atoms with Crippen molar-refractivity contribution in [3.8, 4) is 0 Å². The molecule has 0 radical (unpaired) electrons. The van der Waals surface area contributed by atoms with Crippen LogP contribution in [-0.4, -0.2) is 57.9 Å². The second-order valence-electron chi connectivity index (χ2n) is 6.62. The molecular formula is C17H25N7O. The number of nitrogens with zero attached hydrogens (tertiary/aromatic N) is 6. The molecule has 0 bridgehead atoms. The highest BCUT2D eigenvalue weighted by atomic mass is 16.2. The van der Waals surface area contributed by atoms with Crippen LogP contribution in [0.5, 0.6) is 0 Å². The molecule has 25 heavy (non-hydrogen) atoms. The van der Waals surface area contributed by atoms with Gasteiger partial charge in [-0.2, -0.15) is 0 Å². The van der Waals surface area contributed by atoms with Gasteiger partial charge in [-0.15, -0.1) is 10.2 Å². The quantitative estimate of drug-likeness (QED) is 0.907. The number of aromatic nitrogens is 4. The van der Waals surface area contributed by atoms with Crippen molar-refractivity contribution in [2.24, 2.45) is 7.05 Å². The normalized spacial score (nSPS) is 17.4. The third-order valence-corrected chi connectivity index (χ3v) is 4.54. The lowest BCUT2D eigenvalue weighted by atomic mass is 9.97. The maximum atomic E-state index is 12.6. The van der Waals surface area contributed by atoms with Crippen molar-refractivity contribution in [3.05, 3.63) is 36.0 Å². The molecule has 1 saturated heterocycles. The highest BCUT2D eigenvalue weighted by Gasteiger charge is 2.27. The number of carbonyl (C=O) groups is 1. The van der Waals surface area contributed by atoms with Gasteiger partial charge in [0.2, 0.25) is 0 Å². The van der Waals surface area contributed by atoms with Crippen molar-refractivity contribution in [1.82, 2.24) is 30.0 Å². The first-order valence-electron chi connectivity index (χ1n) is 8.54. The zero-order valence-corrected chi connectivity index (χ0v) is 15.0. The molecule has 1 aliphatic rings.